The summed E-state index contributed by atoms with van der Waals surface area (Å²) >= 11 is 0. The Morgan fingerprint density at radius 2 is 0.188 bits per heavy atom. The Kier molecular flexibility index (Phi) is 133. The van der Waals surface area contributed by atoms with Crippen molar-refractivity contribution in [3.8, 4) is 0 Å². The molecule has 0 saturated heterocycles. The van der Waals surface area contributed by atoms with Gasteiger partial charge < -0.3 is 40.9 Å². The molecule has 8 heteroatoms. The molecule has 8 N–H and O–H groups in total. The molecular formula is C40H96O8. The molecule has 0 amide bonds. The maximum Gasteiger partial charge on any atom is 0.0402 e. The van der Waals surface area contributed by atoms with Gasteiger partial charge in [-0.1, -0.05) is 154 Å². The van der Waals surface area contributed by atoms with E-state index in [2.05, 4.69) is 0 Å². The Balaban J connectivity index is -0.0000000904. The van der Waals surface area contributed by atoms with E-state index < -0.39 is 0 Å². The molecule has 0 unspecified atom stereocenters. The Morgan fingerprint density at radius 3 is 0.208 bits per heavy atom. The zero-order valence-electron chi connectivity index (χ0n) is 34.2. The van der Waals surface area contributed by atoms with Gasteiger partial charge in [-0.15, -0.1) is 0 Å². The third kappa shape index (κ3) is 163. The number of hydrogen-bond acceptors (Lipinski definition) is 8. The fourth-order valence-corrected chi connectivity index (χ4v) is 4.24. The van der Waals surface area contributed by atoms with Crippen LogP contribution < -0.4 is 0 Å². The number of aliphatic hydroxyl groups is 8. The van der Waals surface area contributed by atoms with Gasteiger partial charge in [-0.05, 0) is 55.4 Å². The number of aliphatic hydroxyl groups excluding tert-OH is 8. The van der Waals surface area contributed by atoms with Crippen LogP contribution in [-0.2, 0) is 0 Å². The standard InChI is InChI=1S/C24H48.8C2H6O/c1-2-4-6-8-10-12-14-16-18-20-22-24-23-21-19-17-15-13-11-9-7-5-3-1;8*1-2-3/h1-24H2;8*3H,2H2,1H3. The summed E-state index contributed by atoms with van der Waals surface area (Å²) in [6.45, 7) is 15.4. The van der Waals surface area contributed by atoms with Crippen LogP contribution in [0.15, 0.2) is 0 Å². The Labute approximate surface area is 302 Å². The molecule has 0 aliphatic heterocycles. The minimum atomic E-state index is 0.250. The molecule has 0 aromatic carbocycles. The summed E-state index contributed by atoms with van der Waals surface area (Å²) in [6, 6.07) is 0. The first-order chi connectivity index (χ1) is 23.3. The van der Waals surface area contributed by atoms with Crippen LogP contribution in [0.5, 0.6) is 0 Å². The van der Waals surface area contributed by atoms with Gasteiger partial charge in [0.1, 0.15) is 0 Å². The van der Waals surface area contributed by atoms with E-state index in [1.165, 1.54) is 154 Å². The van der Waals surface area contributed by atoms with Crippen molar-refractivity contribution in [2.45, 2.75) is 209 Å². The number of rotatable bonds is 0. The van der Waals surface area contributed by atoms with Gasteiger partial charge in [0.05, 0.1) is 0 Å². The van der Waals surface area contributed by atoms with Crippen LogP contribution in [0.4, 0.5) is 0 Å². The topological polar surface area (TPSA) is 162 Å². The van der Waals surface area contributed by atoms with E-state index in [1.54, 1.807) is 55.4 Å². The molecule has 1 aliphatic carbocycles. The van der Waals surface area contributed by atoms with E-state index in [0.29, 0.717) is 0 Å². The second kappa shape index (κ2) is 97.1. The van der Waals surface area contributed by atoms with Gasteiger partial charge >= 0.3 is 0 Å². The minimum Gasteiger partial charge on any atom is -0.397 e. The highest BCUT2D eigenvalue weighted by Crippen LogP contribution is 2.17. The monoisotopic (exact) mass is 705 g/mol. The van der Waals surface area contributed by atoms with Crippen molar-refractivity contribution in [3.05, 3.63) is 0 Å². The Morgan fingerprint density at radius 1 is 0.167 bits per heavy atom. The summed E-state index contributed by atoms with van der Waals surface area (Å²) < 4.78 is 0. The lowest BCUT2D eigenvalue weighted by Crippen LogP contribution is -1.85. The third-order valence-electron chi connectivity index (χ3n) is 6.00. The van der Waals surface area contributed by atoms with Crippen molar-refractivity contribution in [2.24, 2.45) is 0 Å². The minimum absolute atomic E-state index is 0.250. The average molecular weight is 705 g/mol. The molecule has 0 heterocycles. The molecule has 0 radical (unpaired) electrons. The normalized spacial score (nSPS) is 15.0. The van der Waals surface area contributed by atoms with Crippen molar-refractivity contribution in [3.63, 3.8) is 0 Å². The zero-order chi connectivity index (χ0) is 38.6. The van der Waals surface area contributed by atoms with E-state index in [4.69, 9.17) is 40.9 Å². The summed E-state index contributed by atoms with van der Waals surface area (Å²) in [5.74, 6) is 0. The van der Waals surface area contributed by atoms with Crippen LogP contribution in [0.2, 0.25) is 0 Å². The smallest absolute Gasteiger partial charge is 0.0402 e. The molecule has 1 rings (SSSR count). The first-order valence-electron chi connectivity index (χ1n) is 20.2. The zero-order valence-corrected chi connectivity index (χ0v) is 34.2. The second-order valence-corrected chi connectivity index (χ2v) is 11.0. The van der Waals surface area contributed by atoms with Gasteiger partial charge in [-0.2, -0.15) is 0 Å². The molecule has 1 aliphatic rings. The predicted molar refractivity (Wildman–Crippen MR) is 213 cm³/mol. The number of hydrogen-bond donors (Lipinski definition) is 8. The average Bonchev–Trinajstić information content (AvgIpc) is 3.03. The van der Waals surface area contributed by atoms with Gasteiger partial charge in [-0.3, -0.25) is 0 Å². The molecule has 0 aromatic rings. The van der Waals surface area contributed by atoms with Crippen LogP contribution in [-0.4, -0.2) is 93.7 Å². The first kappa shape index (κ1) is 66.0. The van der Waals surface area contributed by atoms with E-state index >= 15 is 0 Å². The van der Waals surface area contributed by atoms with Gasteiger partial charge in [-0.25, -0.2) is 0 Å². The fraction of sp³-hybridized carbons (Fsp3) is 1.00. The second-order valence-electron chi connectivity index (χ2n) is 11.0. The molecule has 1 fully saturated rings. The lowest BCUT2D eigenvalue weighted by atomic mass is 10.0. The lowest BCUT2D eigenvalue weighted by molar-refractivity contribution is 0.318. The summed E-state index contributed by atoms with van der Waals surface area (Å²) in [5.41, 5.74) is 0. The van der Waals surface area contributed by atoms with Crippen molar-refractivity contribution in [1.29, 1.82) is 0 Å². The third-order valence-corrected chi connectivity index (χ3v) is 6.00. The fourth-order valence-electron chi connectivity index (χ4n) is 4.24. The van der Waals surface area contributed by atoms with Crippen LogP contribution in [0.3, 0.4) is 0 Å². The molecule has 304 valence electrons. The van der Waals surface area contributed by atoms with Crippen LogP contribution in [0.25, 0.3) is 0 Å². The van der Waals surface area contributed by atoms with Crippen LogP contribution in [0.1, 0.15) is 209 Å². The van der Waals surface area contributed by atoms with Crippen molar-refractivity contribution in [1.82, 2.24) is 0 Å². The predicted octanol–water partition coefficient (Wildman–Crippen LogP) is 9.35. The molecule has 8 nitrogen and oxygen atoms in total. The molecule has 1 saturated carbocycles. The highest BCUT2D eigenvalue weighted by atomic mass is 16.3. The lowest BCUT2D eigenvalue weighted by Gasteiger charge is -2.05. The Bertz CT molecular complexity index is 217. The van der Waals surface area contributed by atoms with Crippen LogP contribution in [0, 0.1) is 0 Å². The summed E-state index contributed by atoms with van der Waals surface area (Å²) in [4.78, 5) is 0. The van der Waals surface area contributed by atoms with Crippen molar-refractivity contribution < 1.29 is 40.9 Å². The highest BCUT2D eigenvalue weighted by Gasteiger charge is 1.97. The Hall–Kier alpha value is -0.320. The van der Waals surface area contributed by atoms with Gasteiger partial charge in [0.15, 0.2) is 0 Å². The van der Waals surface area contributed by atoms with Crippen LogP contribution >= 0.6 is 0 Å². The quantitative estimate of drug-likeness (QED) is 0.124. The van der Waals surface area contributed by atoms with Crippen molar-refractivity contribution >= 4 is 0 Å². The van der Waals surface area contributed by atoms with Gasteiger partial charge in [0, 0.05) is 52.9 Å². The van der Waals surface area contributed by atoms with E-state index in [9.17, 15) is 0 Å². The van der Waals surface area contributed by atoms with E-state index in [0.717, 1.165) is 0 Å². The SMILES string of the molecule is C1CCCCCCCCCCCCCCCCCCCCCCC1.CCO.CCO.CCO.CCO.CCO.CCO.CCO.CCO. The molecule has 0 aromatic heterocycles. The van der Waals surface area contributed by atoms with E-state index in [1.807, 2.05) is 0 Å². The first-order valence-corrected chi connectivity index (χ1v) is 20.2. The van der Waals surface area contributed by atoms with E-state index in [-0.39, 0.29) is 52.9 Å². The maximum atomic E-state index is 7.57. The molecule has 0 spiro atoms. The van der Waals surface area contributed by atoms with Crippen molar-refractivity contribution in [2.75, 3.05) is 52.9 Å². The highest BCUT2D eigenvalue weighted by molar-refractivity contribution is 4.52. The molecule has 0 atom stereocenters. The summed E-state index contributed by atoms with van der Waals surface area (Å²) in [6.07, 6.45) is 36.0. The summed E-state index contributed by atoms with van der Waals surface area (Å²) in [5, 5.41) is 60.6. The largest absolute Gasteiger partial charge is 0.397 e. The maximum absolute atomic E-state index is 7.57. The summed E-state index contributed by atoms with van der Waals surface area (Å²) in [7, 11) is 0. The van der Waals surface area contributed by atoms with Gasteiger partial charge in [0.2, 0.25) is 0 Å². The molecular weight excluding hydrogens is 608 g/mol. The van der Waals surface area contributed by atoms with Gasteiger partial charge in [0.25, 0.3) is 0 Å². The molecule has 48 heavy (non-hydrogen) atoms. The molecule has 0 bridgehead atoms.